The number of thioether (sulfide) groups is 1. The second-order valence-corrected chi connectivity index (χ2v) is 8.09. The normalized spacial score (nSPS) is 32.6. The molecule has 0 radical (unpaired) electrons. The van der Waals surface area contributed by atoms with E-state index in [1.165, 1.54) is 6.42 Å². The van der Waals surface area contributed by atoms with E-state index in [1.54, 1.807) is 16.8 Å². The van der Waals surface area contributed by atoms with E-state index in [0.717, 1.165) is 36.9 Å². The van der Waals surface area contributed by atoms with E-state index in [1.807, 2.05) is 0 Å². The number of nitroso groups, excluding NO2 is 1. The van der Waals surface area contributed by atoms with E-state index in [9.17, 15) is 4.91 Å². The quantitative estimate of drug-likeness (QED) is 0.577. The first-order valence-electron chi connectivity index (χ1n) is 7.79. The molecule has 2 fully saturated rings. The summed E-state index contributed by atoms with van der Waals surface area (Å²) in [6.07, 6.45) is 3.35. The van der Waals surface area contributed by atoms with Crippen LogP contribution in [-0.2, 0) is 0 Å². The molecule has 1 heterocycles. The van der Waals surface area contributed by atoms with Crippen molar-refractivity contribution < 1.29 is 0 Å². The average Bonchev–Trinajstić information content (AvgIpc) is 2.88. The van der Waals surface area contributed by atoms with Gasteiger partial charge in [-0.3, -0.25) is 9.91 Å². The topological polar surface area (TPSA) is 59.7 Å². The number of hydrogen-bond donors (Lipinski definition) is 0. The van der Waals surface area contributed by atoms with Gasteiger partial charge in [-0.15, -0.1) is 16.7 Å². The molecule has 1 aliphatic heterocycles. The number of rotatable bonds is 5. The molecule has 1 saturated heterocycles. The highest BCUT2D eigenvalue weighted by atomic mass is 32.2. The van der Waals surface area contributed by atoms with Crippen molar-refractivity contribution in [3.63, 3.8) is 0 Å². The Bertz CT molecular complexity index is 409. The lowest BCUT2D eigenvalue weighted by Crippen LogP contribution is -2.48. The highest BCUT2D eigenvalue weighted by Crippen LogP contribution is 2.41. The SMILES string of the molecule is CC1CCC(N(CCN2CSCC2C#N)N=O)C(C)(C)C1. The molecule has 0 aromatic carbocycles. The monoisotopic (exact) mass is 310 g/mol. The molecule has 0 N–H and O–H groups in total. The van der Waals surface area contributed by atoms with Gasteiger partial charge in [-0.2, -0.15) is 5.26 Å². The summed E-state index contributed by atoms with van der Waals surface area (Å²) in [5, 5.41) is 14.2. The summed E-state index contributed by atoms with van der Waals surface area (Å²) < 4.78 is 0. The van der Waals surface area contributed by atoms with Gasteiger partial charge in [0.1, 0.15) is 6.04 Å². The van der Waals surface area contributed by atoms with Crippen LogP contribution in [0.15, 0.2) is 5.29 Å². The first-order valence-corrected chi connectivity index (χ1v) is 8.94. The minimum atomic E-state index is -0.0112. The van der Waals surface area contributed by atoms with E-state index in [4.69, 9.17) is 5.26 Å². The van der Waals surface area contributed by atoms with Crippen LogP contribution in [0.1, 0.15) is 40.0 Å². The molecule has 0 spiro atoms. The van der Waals surface area contributed by atoms with Crippen molar-refractivity contribution in [1.29, 1.82) is 5.26 Å². The van der Waals surface area contributed by atoms with E-state index >= 15 is 0 Å². The Kier molecular flexibility index (Phi) is 5.50. The fourth-order valence-electron chi connectivity index (χ4n) is 3.82. The Balaban J connectivity index is 1.94. The molecule has 1 aliphatic carbocycles. The van der Waals surface area contributed by atoms with Crippen molar-refractivity contribution in [2.75, 3.05) is 24.7 Å². The van der Waals surface area contributed by atoms with Gasteiger partial charge in [0.25, 0.3) is 0 Å². The minimum Gasteiger partial charge on any atom is -0.276 e. The summed E-state index contributed by atoms with van der Waals surface area (Å²) in [5.41, 5.74) is 0.125. The van der Waals surface area contributed by atoms with Gasteiger partial charge in [0.2, 0.25) is 0 Å². The van der Waals surface area contributed by atoms with Gasteiger partial charge in [0, 0.05) is 18.2 Å². The molecule has 0 bridgehead atoms. The Morgan fingerprint density at radius 3 is 2.86 bits per heavy atom. The zero-order valence-electron chi connectivity index (χ0n) is 13.3. The molecule has 5 nitrogen and oxygen atoms in total. The molecule has 0 aromatic heterocycles. The van der Waals surface area contributed by atoms with Gasteiger partial charge in [0.15, 0.2) is 0 Å². The van der Waals surface area contributed by atoms with Crippen molar-refractivity contribution in [2.24, 2.45) is 16.6 Å². The molecule has 0 amide bonds. The zero-order chi connectivity index (χ0) is 15.5. The largest absolute Gasteiger partial charge is 0.276 e. The van der Waals surface area contributed by atoms with Crippen LogP contribution in [0.5, 0.6) is 0 Å². The molecule has 3 atom stereocenters. The fraction of sp³-hybridized carbons (Fsp3) is 0.933. The van der Waals surface area contributed by atoms with Gasteiger partial charge < -0.3 is 0 Å². The molecule has 6 heteroatoms. The van der Waals surface area contributed by atoms with Crippen molar-refractivity contribution in [1.82, 2.24) is 9.91 Å². The lowest BCUT2D eigenvalue weighted by atomic mass is 9.69. The summed E-state index contributed by atoms with van der Waals surface area (Å²) in [4.78, 5) is 13.5. The Hall–Kier alpha value is -0.800. The maximum absolute atomic E-state index is 11.3. The van der Waals surface area contributed by atoms with E-state index in [-0.39, 0.29) is 17.5 Å². The number of hydrogen-bond acceptors (Lipinski definition) is 5. The third-order valence-corrected chi connectivity index (χ3v) is 5.98. The third kappa shape index (κ3) is 3.89. The predicted molar refractivity (Wildman–Crippen MR) is 86.5 cm³/mol. The van der Waals surface area contributed by atoms with Gasteiger partial charge in [-0.25, -0.2) is 0 Å². The maximum atomic E-state index is 11.3. The molecule has 21 heavy (non-hydrogen) atoms. The van der Waals surface area contributed by atoms with Gasteiger partial charge in [0.05, 0.1) is 23.9 Å². The molecule has 3 unspecified atom stereocenters. The van der Waals surface area contributed by atoms with E-state index < -0.39 is 0 Å². The first-order chi connectivity index (χ1) is 9.97. The summed E-state index contributed by atoms with van der Waals surface area (Å²) in [5.74, 6) is 2.48. The Labute approximate surface area is 132 Å². The molecule has 0 aromatic rings. The highest BCUT2D eigenvalue weighted by Gasteiger charge is 2.39. The predicted octanol–water partition coefficient (Wildman–Crippen LogP) is 3.08. The van der Waals surface area contributed by atoms with Crippen LogP contribution in [0.3, 0.4) is 0 Å². The van der Waals surface area contributed by atoms with Crippen molar-refractivity contribution in [2.45, 2.75) is 52.1 Å². The molecule has 2 aliphatic rings. The molecular weight excluding hydrogens is 284 g/mol. The van der Waals surface area contributed by atoms with Gasteiger partial charge in [-0.1, -0.05) is 20.8 Å². The fourth-order valence-corrected chi connectivity index (χ4v) is 4.98. The van der Waals surface area contributed by atoms with Gasteiger partial charge in [-0.05, 0) is 30.6 Å². The molecule has 1 saturated carbocycles. The smallest absolute Gasteiger partial charge is 0.108 e. The van der Waals surface area contributed by atoms with Crippen LogP contribution in [0.4, 0.5) is 0 Å². The first kappa shape index (κ1) is 16.6. The molecule has 2 rings (SSSR count). The van der Waals surface area contributed by atoms with Crippen LogP contribution in [0, 0.1) is 27.6 Å². The second kappa shape index (κ2) is 6.97. The van der Waals surface area contributed by atoms with Crippen molar-refractivity contribution in [3.05, 3.63) is 4.91 Å². The van der Waals surface area contributed by atoms with Crippen LogP contribution in [-0.4, -0.2) is 46.7 Å². The second-order valence-electron chi connectivity index (χ2n) is 7.09. The van der Waals surface area contributed by atoms with Gasteiger partial charge >= 0.3 is 0 Å². The lowest BCUT2D eigenvalue weighted by molar-refractivity contribution is 0.0251. The average molecular weight is 310 g/mol. The standard InChI is InChI=1S/C15H26N4OS/c1-12-4-5-14(15(2,3)8-12)19(17-20)7-6-18-11-21-10-13(18)9-16/h12-14H,4-8,10-11H2,1-3H3. The summed E-state index contributed by atoms with van der Waals surface area (Å²) >= 11 is 1.79. The van der Waals surface area contributed by atoms with Crippen LogP contribution in [0.2, 0.25) is 0 Å². The third-order valence-electron chi connectivity index (χ3n) is 4.91. The van der Waals surface area contributed by atoms with E-state index in [0.29, 0.717) is 6.54 Å². The Morgan fingerprint density at radius 2 is 2.24 bits per heavy atom. The lowest BCUT2D eigenvalue weighted by Gasteiger charge is -2.45. The zero-order valence-corrected chi connectivity index (χ0v) is 14.1. The molecular formula is C15H26N4OS. The van der Waals surface area contributed by atoms with Crippen molar-refractivity contribution in [3.8, 4) is 6.07 Å². The maximum Gasteiger partial charge on any atom is 0.108 e. The minimum absolute atomic E-state index is 0.0112. The van der Waals surface area contributed by atoms with E-state index in [2.05, 4.69) is 37.0 Å². The van der Waals surface area contributed by atoms with Crippen molar-refractivity contribution >= 4 is 11.8 Å². The Morgan fingerprint density at radius 1 is 1.48 bits per heavy atom. The van der Waals surface area contributed by atoms with Crippen LogP contribution in [0.25, 0.3) is 0 Å². The molecule has 118 valence electrons. The summed E-state index contributed by atoms with van der Waals surface area (Å²) in [7, 11) is 0. The summed E-state index contributed by atoms with van der Waals surface area (Å²) in [6, 6.07) is 2.55. The highest BCUT2D eigenvalue weighted by molar-refractivity contribution is 7.99. The van der Waals surface area contributed by atoms with Crippen LogP contribution < -0.4 is 0 Å². The van der Waals surface area contributed by atoms with Crippen LogP contribution >= 0.6 is 11.8 Å². The number of nitrogens with zero attached hydrogens (tertiary/aromatic N) is 4. The number of nitriles is 1. The summed E-state index contributed by atoms with van der Waals surface area (Å²) in [6.45, 7) is 8.16.